The van der Waals surface area contributed by atoms with Crippen molar-refractivity contribution in [3.05, 3.63) is 35.9 Å². The van der Waals surface area contributed by atoms with Crippen molar-refractivity contribution >= 4 is 10.1 Å². The Labute approximate surface area is 102 Å². The molecule has 0 aromatic heterocycles. The largest absolute Gasteiger partial charge is 0.748 e. The molecule has 1 aromatic rings. The number of aliphatic hydroxyl groups is 1. The first kappa shape index (κ1) is 16.1. The highest BCUT2D eigenvalue weighted by atomic mass is 32.2. The van der Waals surface area contributed by atoms with E-state index in [1.54, 1.807) is 0 Å². The van der Waals surface area contributed by atoms with E-state index < -0.39 is 10.1 Å². The van der Waals surface area contributed by atoms with Crippen molar-refractivity contribution < 1.29 is 23.4 Å². The number of benzene rings is 1. The fourth-order valence-corrected chi connectivity index (χ4v) is 1.14. The summed E-state index contributed by atoms with van der Waals surface area (Å²) in [6.45, 7) is 2.01. The summed E-state index contributed by atoms with van der Waals surface area (Å²) in [6, 6.07) is 9.96. The molecule has 17 heavy (non-hydrogen) atoms. The van der Waals surface area contributed by atoms with E-state index >= 15 is 0 Å². The summed E-state index contributed by atoms with van der Waals surface area (Å²) in [4.78, 5) is 0. The van der Waals surface area contributed by atoms with Crippen molar-refractivity contribution in [2.75, 3.05) is 13.3 Å². The predicted molar refractivity (Wildman–Crippen MR) is 64.3 cm³/mol. The van der Waals surface area contributed by atoms with Crippen LogP contribution in [-0.2, 0) is 10.1 Å². The third-order valence-electron chi connectivity index (χ3n) is 2.16. The summed E-state index contributed by atoms with van der Waals surface area (Å²) in [5.74, 6) is 0. The Hall–Kier alpha value is -0.950. The minimum absolute atomic E-state index is 0.215. The van der Waals surface area contributed by atoms with Crippen LogP contribution in [0.25, 0.3) is 0 Å². The molecule has 0 saturated carbocycles. The van der Waals surface area contributed by atoms with Gasteiger partial charge in [-0.15, -0.1) is 0 Å². The first-order valence-electron chi connectivity index (χ1n) is 5.19. The maximum absolute atomic E-state index is 9.76. The first-order chi connectivity index (χ1) is 7.75. The molecule has 1 rings (SSSR count). The maximum atomic E-state index is 9.76. The topological polar surface area (TPSA) is 94.0 Å². The second kappa shape index (κ2) is 7.39. The Morgan fingerprint density at radius 3 is 2.06 bits per heavy atom. The Kier molecular flexibility index (Phi) is 6.98. The molecular weight excluding hydrogens is 242 g/mol. The molecular formula is C11H19NO4S. The number of rotatable bonds is 3. The lowest BCUT2D eigenvalue weighted by molar-refractivity contribution is -0.669. The summed E-state index contributed by atoms with van der Waals surface area (Å²) < 4.78 is 27.2. The van der Waals surface area contributed by atoms with E-state index in [9.17, 15) is 5.11 Å². The fraction of sp³-hybridized carbons (Fsp3) is 0.455. The van der Waals surface area contributed by atoms with Gasteiger partial charge in [0.15, 0.2) is 0 Å². The number of nitrogens with two attached hydrogens (primary N) is 1. The van der Waals surface area contributed by atoms with Gasteiger partial charge in [0.1, 0.15) is 12.1 Å². The van der Waals surface area contributed by atoms with Crippen LogP contribution in [0.15, 0.2) is 30.3 Å². The van der Waals surface area contributed by atoms with Crippen molar-refractivity contribution in [3.63, 3.8) is 0 Å². The molecule has 0 fully saturated rings. The molecule has 0 saturated heterocycles. The van der Waals surface area contributed by atoms with E-state index in [0.717, 1.165) is 5.56 Å². The standard InChI is InChI=1S/C10H15NO.CH4O3S/c1-8(11-2)10(12)9-6-4-3-5-7-9;1-5(2,3)4/h3-8,10-12H,1-2H3;1H3,(H,2,3,4)/t8-,10-;/m0./s1. The number of hydrogen-bond donors (Lipinski definition) is 2. The zero-order chi connectivity index (χ0) is 13.5. The molecule has 0 radical (unpaired) electrons. The van der Waals surface area contributed by atoms with Gasteiger partial charge in [0, 0.05) is 6.26 Å². The Morgan fingerprint density at radius 1 is 1.29 bits per heavy atom. The van der Waals surface area contributed by atoms with Crippen LogP contribution < -0.4 is 5.32 Å². The van der Waals surface area contributed by atoms with Crippen molar-refractivity contribution in [1.82, 2.24) is 0 Å². The molecule has 0 unspecified atom stereocenters. The third kappa shape index (κ3) is 8.82. The summed E-state index contributed by atoms with van der Waals surface area (Å²) in [5.41, 5.74) is 0.989. The van der Waals surface area contributed by atoms with E-state index in [2.05, 4.69) is 0 Å². The highest BCUT2D eigenvalue weighted by molar-refractivity contribution is 7.84. The lowest BCUT2D eigenvalue weighted by Crippen LogP contribution is -2.86. The molecule has 0 aliphatic rings. The molecule has 1 aromatic carbocycles. The normalized spacial score (nSPS) is 14.4. The van der Waals surface area contributed by atoms with Crippen molar-refractivity contribution in [2.24, 2.45) is 0 Å². The number of aliphatic hydroxyl groups excluding tert-OH is 1. The zero-order valence-corrected chi connectivity index (χ0v) is 11.0. The lowest BCUT2D eigenvalue weighted by Gasteiger charge is -2.15. The van der Waals surface area contributed by atoms with Crippen molar-refractivity contribution in [2.45, 2.75) is 19.1 Å². The molecule has 98 valence electrons. The average Bonchev–Trinajstić information content (AvgIpc) is 2.26. The quantitative estimate of drug-likeness (QED) is 0.715. The van der Waals surface area contributed by atoms with Crippen LogP contribution in [0.5, 0.6) is 0 Å². The molecule has 3 N–H and O–H groups in total. The molecule has 5 nitrogen and oxygen atoms in total. The minimum Gasteiger partial charge on any atom is -0.748 e. The highest BCUT2D eigenvalue weighted by Gasteiger charge is 2.16. The summed E-state index contributed by atoms with van der Waals surface area (Å²) in [6.07, 6.45) is 0.240. The molecule has 0 bridgehead atoms. The lowest BCUT2D eigenvalue weighted by atomic mass is 10.0. The van der Waals surface area contributed by atoms with E-state index in [1.807, 2.05) is 49.6 Å². The van der Waals surface area contributed by atoms with E-state index in [1.165, 1.54) is 0 Å². The van der Waals surface area contributed by atoms with Crippen LogP contribution in [-0.4, -0.2) is 37.4 Å². The van der Waals surface area contributed by atoms with Gasteiger partial charge in [-0.25, -0.2) is 8.42 Å². The molecule has 0 aliphatic carbocycles. The second-order valence-electron chi connectivity index (χ2n) is 3.75. The molecule has 6 heteroatoms. The number of likely N-dealkylation sites (N-methyl/N-ethyl adjacent to an activating group) is 1. The number of hydrogen-bond acceptors (Lipinski definition) is 4. The van der Waals surface area contributed by atoms with Crippen molar-refractivity contribution in [3.8, 4) is 0 Å². The van der Waals surface area contributed by atoms with Crippen LogP contribution in [0.3, 0.4) is 0 Å². The van der Waals surface area contributed by atoms with Crippen LogP contribution in [0, 0.1) is 0 Å². The zero-order valence-electron chi connectivity index (χ0n) is 10.2. The summed E-state index contributed by atoms with van der Waals surface area (Å²) in [7, 11) is -1.95. The monoisotopic (exact) mass is 261 g/mol. The Bertz CT molecular complexity index is 397. The van der Waals surface area contributed by atoms with Crippen LogP contribution in [0.4, 0.5) is 0 Å². The van der Waals surface area contributed by atoms with Crippen LogP contribution in [0.1, 0.15) is 18.6 Å². The summed E-state index contributed by atoms with van der Waals surface area (Å²) in [5, 5.41) is 11.8. The van der Waals surface area contributed by atoms with Gasteiger partial charge >= 0.3 is 0 Å². The SMILES string of the molecule is CS(=O)(=O)[O-].C[NH2+][C@@H](C)[C@H](O)c1ccccc1. The number of quaternary nitrogens is 1. The van der Waals surface area contributed by atoms with E-state index in [0.29, 0.717) is 6.26 Å². The Morgan fingerprint density at radius 2 is 1.71 bits per heavy atom. The summed E-state index contributed by atoms with van der Waals surface area (Å²) >= 11 is 0. The van der Waals surface area contributed by atoms with Crippen LogP contribution >= 0.6 is 0 Å². The maximum Gasteiger partial charge on any atom is 0.130 e. The van der Waals surface area contributed by atoms with Gasteiger partial charge in [-0.3, -0.25) is 0 Å². The molecule has 0 spiro atoms. The predicted octanol–water partition coefficient (Wildman–Crippen LogP) is -0.537. The average molecular weight is 261 g/mol. The highest BCUT2D eigenvalue weighted by Crippen LogP contribution is 2.13. The van der Waals surface area contributed by atoms with Gasteiger partial charge < -0.3 is 15.0 Å². The Balaban J connectivity index is 0.000000437. The smallest absolute Gasteiger partial charge is 0.130 e. The van der Waals surface area contributed by atoms with Crippen molar-refractivity contribution in [1.29, 1.82) is 0 Å². The molecule has 2 atom stereocenters. The van der Waals surface area contributed by atoms with Gasteiger partial charge in [-0.2, -0.15) is 0 Å². The van der Waals surface area contributed by atoms with E-state index in [4.69, 9.17) is 13.0 Å². The third-order valence-corrected chi connectivity index (χ3v) is 2.16. The van der Waals surface area contributed by atoms with E-state index in [-0.39, 0.29) is 12.1 Å². The van der Waals surface area contributed by atoms with Gasteiger partial charge in [0.25, 0.3) is 0 Å². The minimum atomic E-state index is -3.92. The first-order valence-corrected chi connectivity index (χ1v) is 7.00. The molecule has 0 aliphatic heterocycles. The fourth-order valence-electron chi connectivity index (χ4n) is 1.14. The molecule has 0 amide bonds. The second-order valence-corrected chi connectivity index (χ2v) is 5.16. The molecule has 0 heterocycles. The van der Waals surface area contributed by atoms with Gasteiger partial charge in [-0.05, 0) is 12.5 Å². The van der Waals surface area contributed by atoms with Crippen LogP contribution in [0.2, 0.25) is 0 Å². The van der Waals surface area contributed by atoms with Gasteiger partial charge in [0.05, 0.1) is 17.2 Å². The van der Waals surface area contributed by atoms with Gasteiger partial charge in [0.2, 0.25) is 0 Å². The van der Waals surface area contributed by atoms with Gasteiger partial charge in [-0.1, -0.05) is 30.3 Å².